The normalized spacial score (nSPS) is 17.9. The summed E-state index contributed by atoms with van der Waals surface area (Å²) in [5.74, 6) is 1.18. The zero-order valence-corrected chi connectivity index (χ0v) is 18.6. The second kappa shape index (κ2) is 8.44. The number of likely N-dealkylation sites (tertiary alicyclic amines) is 1. The van der Waals surface area contributed by atoms with Gasteiger partial charge in [0.05, 0.1) is 22.8 Å². The standard InChI is InChI=1S/C23H29ClN4O2/c1-23(2,3)27-12-9-16(10-13-27)26-22(29)17-6-4-8-19-20(17)30-15-14-28(19)21-18(24)7-5-11-25-21/h4-8,11,16H,9-10,12-15H2,1-3H3,(H,26,29). The molecule has 1 fully saturated rings. The summed E-state index contributed by atoms with van der Waals surface area (Å²) in [5.41, 5.74) is 1.54. The van der Waals surface area contributed by atoms with Gasteiger partial charge in [0.15, 0.2) is 11.6 Å². The van der Waals surface area contributed by atoms with Gasteiger partial charge in [-0.25, -0.2) is 4.98 Å². The van der Waals surface area contributed by atoms with E-state index in [1.807, 2.05) is 35.2 Å². The number of fused-ring (bicyclic) bond motifs is 1. The molecule has 0 radical (unpaired) electrons. The average Bonchev–Trinajstić information content (AvgIpc) is 2.73. The fraction of sp³-hybridized carbons (Fsp3) is 0.478. The number of benzene rings is 1. The van der Waals surface area contributed by atoms with Crippen molar-refractivity contribution in [3.8, 4) is 5.75 Å². The van der Waals surface area contributed by atoms with E-state index in [-0.39, 0.29) is 17.5 Å². The average molecular weight is 429 g/mol. The number of carbonyl (C=O) groups excluding carboxylic acids is 1. The first-order valence-electron chi connectivity index (χ1n) is 10.5. The minimum atomic E-state index is -0.0879. The van der Waals surface area contributed by atoms with Crippen molar-refractivity contribution < 1.29 is 9.53 Å². The predicted octanol–water partition coefficient (Wildman–Crippen LogP) is 4.26. The van der Waals surface area contributed by atoms with Crippen molar-refractivity contribution in [1.82, 2.24) is 15.2 Å². The van der Waals surface area contributed by atoms with E-state index in [1.54, 1.807) is 6.20 Å². The number of nitrogens with zero attached hydrogens (tertiary/aromatic N) is 3. The van der Waals surface area contributed by atoms with Crippen molar-refractivity contribution in [2.24, 2.45) is 0 Å². The number of anilines is 2. The van der Waals surface area contributed by atoms with E-state index in [2.05, 4.69) is 36.0 Å². The summed E-state index contributed by atoms with van der Waals surface area (Å²) >= 11 is 6.37. The highest BCUT2D eigenvalue weighted by molar-refractivity contribution is 6.33. The van der Waals surface area contributed by atoms with Crippen molar-refractivity contribution in [3.63, 3.8) is 0 Å². The number of para-hydroxylation sites is 1. The SMILES string of the molecule is CC(C)(C)N1CCC(NC(=O)c2cccc3c2OCCN3c2ncccc2Cl)CC1. The van der Waals surface area contributed by atoms with Crippen LogP contribution in [0.15, 0.2) is 36.5 Å². The lowest BCUT2D eigenvalue weighted by Crippen LogP contribution is -2.50. The summed E-state index contributed by atoms with van der Waals surface area (Å²) in [7, 11) is 0. The van der Waals surface area contributed by atoms with E-state index >= 15 is 0 Å². The largest absolute Gasteiger partial charge is 0.489 e. The summed E-state index contributed by atoms with van der Waals surface area (Å²) in [6.07, 6.45) is 3.62. The molecule has 160 valence electrons. The van der Waals surface area contributed by atoms with Crippen LogP contribution in [0, 0.1) is 0 Å². The van der Waals surface area contributed by atoms with Gasteiger partial charge >= 0.3 is 0 Å². The van der Waals surface area contributed by atoms with Crippen molar-refractivity contribution >= 4 is 29.0 Å². The smallest absolute Gasteiger partial charge is 0.255 e. The molecule has 1 saturated heterocycles. The highest BCUT2D eigenvalue weighted by Gasteiger charge is 2.30. The Bertz CT molecular complexity index is 920. The molecule has 0 aliphatic carbocycles. The van der Waals surface area contributed by atoms with Gasteiger partial charge in [0.1, 0.15) is 6.61 Å². The number of nitrogens with one attached hydrogen (secondary N) is 1. The lowest BCUT2D eigenvalue weighted by Gasteiger charge is -2.41. The maximum Gasteiger partial charge on any atom is 0.255 e. The van der Waals surface area contributed by atoms with Crippen LogP contribution in [0.1, 0.15) is 44.0 Å². The van der Waals surface area contributed by atoms with Crippen LogP contribution in [0.25, 0.3) is 0 Å². The van der Waals surface area contributed by atoms with Gasteiger partial charge in [0, 0.05) is 30.9 Å². The summed E-state index contributed by atoms with van der Waals surface area (Å²) in [5, 5.41) is 3.79. The number of amides is 1. The van der Waals surface area contributed by atoms with E-state index in [9.17, 15) is 4.79 Å². The fourth-order valence-corrected chi connectivity index (χ4v) is 4.40. The molecule has 1 aromatic carbocycles. The third-order valence-electron chi connectivity index (χ3n) is 5.86. The maximum atomic E-state index is 13.1. The number of piperidine rings is 1. The summed E-state index contributed by atoms with van der Waals surface area (Å²) in [4.78, 5) is 22.0. The number of halogens is 1. The Kier molecular flexibility index (Phi) is 5.89. The third kappa shape index (κ3) is 4.25. The number of ether oxygens (including phenoxy) is 1. The predicted molar refractivity (Wildman–Crippen MR) is 120 cm³/mol. The van der Waals surface area contributed by atoms with Gasteiger partial charge in [-0.15, -0.1) is 0 Å². The molecule has 0 spiro atoms. The lowest BCUT2D eigenvalue weighted by atomic mass is 9.97. The monoisotopic (exact) mass is 428 g/mol. The van der Waals surface area contributed by atoms with Gasteiger partial charge in [-0.2, -0.15) is 0 Å². The Morgan fingerprint density at radius 2 is 1.93 bits per heavy atom. The molecule has 0 unspecified atom stereocenters. The van der Waals surface area contributed by atoms with E-state index in [4.69, 9.17) is 16.3 Å². The molecule has 2 aromatic rings. The number of aromatic nitrogens is 1. The number of carbonyl (C=O) groups is 1. The first-order chi connectivity index (χ1) is 14.3. The first kappa shape index (κ1) is 20.9. The first-order valence-corrected chi connectivity index (χ1v) is 10.9. The summed E-state index contributed by atoms with van der Waals surface area (Å²) in [6.45, 7) is 9.78. The highest BCUT2D eigenvalue weighted by atomic mass is 35.5. The third-order valence-corrected chi connectivity index (χ3v) is 6.16. The van der Waals surface area contributed by atoms with Crippen molar-refractivity contribution in [2.75, 3.05) is 31.1 Å². The number of pyridine rings is 1. The Hall–Kier alpha value is -2.31. The van der Waals surface area contributed by atoms with Crippen LogP contribution < -0.4 is 15.0 Å². The molecule has 0 bridgehead atoms. The van der Waals surface area contributed by atoms with E-state index in [0.29, 0.717) is 35.3 Å². The highest BCUT2D eigenvalue weighted by Crippen LogP contribution is 2.40. The minimum absolute atomic E-state index is 0.0879. The maximum absolute atomic E-state index is 13.1. The molecule has 0 saturated carbocycles. The van der Waals surface area contributed by atoms with E-state index in [0.717, 1.165) is 31.6 Å². The van der Waals surface area contributed by atoms with Crippen LogP contribution in [-0.4, -0.2) is 53.6 Å². The minimum Gasteiger partial charge on any atom is -0.489 e. The number of hydrogen-bond donors (Lipinski definition) is 1. The van der Waals surface area contributed by atoms with Crippen LogP contribution in [0.2, 0.25) is 5.02 Å². The Balaban J connectivity index is 1.52. The molecular weight excluding hydrogens is 400 g/mol. The molecule has 3 heterocycles. The molecule has 2 aliphatic heterocycles. The molecule has 30 heavy (non-hydrogen) atoms. The van der Waals surface area contributed by atoms with Crippen LogP contribution in [0.5, 0.6) is 5.75 Å². The van der Waals surface area contributed by atoms with Crippen LogP contribution in [0.4, 0.5) is 11.5 Å². The lowest BCUT2D eigenvalue weighted by molar-refractivity contribution is 0.0810. The van der Waals surface area contributed by atoms with Crippen molar-refractivity contribution in [1.29, 1.82) is 0 Å². The quantitative estimate of drug-likeness (QED) is 0.791. The second-order valence-corrected chi connectivity index (χ2v) is 9.28. The zero-order valence-electron chi connectivity index (χ0n) is 17.8. The van der Waals surface area contributed by atoms with Crippen LogP contribution >= 0.6 is 11.6 Å². The van der Waals surface area contributed by atoms with Gasteiger partial charge < -0.3 is 15.0 Å². The second-order valence-electron chi connectivity index (χ2n) is 8.87. The molecule has 1 aromatic heterocycles. The van der Waals surface area contributed by atoms with Gasteiger partial charge in [-0.1, -0.05) is 17.7 Å². The molecule has 2 aliphatic rings. The van der Waals surface area contributed by atoms with Crippen molar-refractivity contribution in [3.05, 3.63) is 47.1 Å². The van der Waals surface area contributed by atoms with Gasteiger partial charge in [-0.05, 0) is 57.9 Å². The molecule has 0 atom stereocenters. The Labute approximate surface area is 183 Å². The molecule has 4 rings (SSSR count). The molecule has 1 N–H and O–H groups in total. The van der Waals surface area contributed by atoms with Gasteiger partial charge in [0.2, 0.25) is 0 Å². The number of hydrogen-bond acceptors (Lipinski definition) is 5. The summed E-state index contributed by atoms with van der Waals surface area (Å²) < 4.78 is 5.94. The molecule has 1 amide bonds. The van der Waals surface area contributed by atoms with Crippen LogP contribution in [-0.2, 0) is 0 Å². The van der Waals surface area contributed by atoms with Crippen molar-refractivity contribution in [2.45, 2.75) is 45.2 Å². The number of rotatable bonds is 3. The van der Waals surface area contributed by atoms with Gasteiger partial charge in [-0.3, -0.25) is 9.69 Å². The zero-order chi connectivity index (χ0) is 21.3. The van der Waals surface area contributed by atoms with Crippen LogP contribution in [0.3, 0.4) is 0 Å². The Morgan fingerprint density at radius 3 is 2.63 bits per heavy atom. The molecule has 7 heteroatoms. The molecular formula is C23H29ClN4O2. The Morgan fingerprint density at radius 1 is 1.17 bits per heavy atom. The summed E-state index contributed by atoms with van der Waals surface area (Å²) in [6, 6.07) is 9.45. The molecule has 6 nitrogen and oxygen atoms in total. The topological polar surface area (TPSA) is 57.7 Å². The van der Waals surface area contributed by atoms with Gasteiger partial charge in [0.25, 0.3) is 5.91 Å². The fourth-order valence-electron chi connectivity index (χ4n) is 4.18. The van der Waals surface area contributed by atoms with E-state index < -0.39 is 0 Å². The van der Waals surface area contributed by atoms with E-state index in [1.165, 1.54) is 0 Å².